The first-order chi connectivity index (χ1) is 12.2. The fourth-order valence-electron chi connectivity index (χ4n) is 5.06. The quantitative estimate of drug-likeness (QED) is 0.851. The van der Waals surface area contributed by atoms with Crippen molar-refractivity contribution in [1.82, 2.24) is 10.2 Å². The lowest BCUT2D eigenvalue weighted by Crippen LogP contribution is -2.48. The third-order valence-corrected chi connectivity index (χ3v) is 6.42. The van der Waals surface area contributed by atoms with Crippen LogP contribution in [0, 0.1) is 17.8 Å². The molecule has 2 aliphatic carbocycles. The number of nitrogens with two attached hydrogens (primary N) is 1. The molecule has 5 unspecified atom stereocenters. The maximum Gasteiger partial charge on any atom is 0.225 e. The normalized spacial score (nSPS) is 33.3. The molecule has 0 aromatic heterocycles. The standard InChI is InChI=1S/C20H29N3O2/c21-19-16-7-6-15(12-16)18(19)20(24)22-13-17(14-4-2-1-3-5-14)23-8-10-25-11-9-23/h1-5,15-19H,6-13,21H2,(H,22,24). The molecule has 3 aliphatic rings. The number of fused-ring (bicyclic) bond motifs is 2. The molecule has 1 amide bonds. The third kappa shape index (κ3) is 3.46. The van der Waals surface area contributed by atoms with Gasteiger partial charge in [-0.3, -0.25) is 9.69 Å². The lowest BCUT2D eigenvalue weighted by molar-refractivity contribution is -0.127. The van der Waals surface area contributed by atoms with Gasteiger partial charge < -0.3 is 15.8 Å². The van der Waals surface area contributed by atoms with E-state index in [0.717, 1.165) is 32.7 Å². The van der Waals surface area contributed by atoms with Crippen molar-refractivity contribution in [1.29, 1.82) is 0 Å². The zero-order chi connectivity index (χ0) is 17.2. The van der Waals surface area contributed by atoms with Crippen molar-refractivity contribution in [2.75, 3.05) is 32.8 Å². The van der Waals surface area contributed by atoms with Crippen LogP contribution in [-0.2, 0) is 9.53 Å². The second kappa shape index (κ2) is 7.44. The van der Waals surface area contributed by atoms with Gasteiger partial charge in [0.1, 0.15) is 0 Å². The molecule has 0 spiro atoms. The van der Waals surface area contributed by atoms with Crippen LogP contribution in [0.3, 0.4) is 0 Å². The zero-order valence-corrected chi connectivity index (χ0v) is 14.8. The summed E-state index contributed by atoms with van der Waals surface area (Å²) in [5.74, 6) is 1.23. The lowest BCUT2D eigenvalue weighted by atomic mass is 9.84. The van der Waals surface area contributed by atoms with Crippen molar-refractivity contribution in [3.05, 3.63) is 35.9 Å². The number of carbonyl (C=O) groups is 1. The first kappa shape index (κ1) is 17.0. The summed E-state index contributed by atoms with van der Waals surface area (Å²) in [4.78, 5) is 15.2. The van der Waals surface area contributed by atoms with Crippen LogP contribution in [0.5, 0.6) is 0 Å². The lowest BCUT2D eigenvalue weighted by Gasteiger charge is -2.35. The molecule has 4 rings (SSSR count). The van der Waals surface area contributed by atoms with E-state index in [2.05, 4.69) is 34.5 Å². The van der Waals surface area contributed by atoms with Gasteiger partial charge in [-0.2, -0.15) is 0 Å². The van der Waals surface area contributed by atoms with Gasteiger partial charge in [-0.15, -0.1) is 0 Å². The van der Waals surface area contributed by atoms with Crippen LogP contribution in [-0.4, -0.2) is 49.7 Å². The summed E-state index contributed by atoms with van der Waals surface area (Å²) in [6.45, 7) is 3.97. The maximum absolute atomic E-state index is 12.8. The van der Waals surface area contributed by atoms with Gasteiger partial charge in [0.15, 0.2) is 0 Å². The van der Waals surface area contributed by atoms with Crippen LogP contribution < -0.4 is 11.1 Å². The number of amides is 1. The Morgan fingerprint density at radius 2 is 1.92 bits per heavy atom. The average molecular weight is 343 g/mol. The molecule has 1 heterocycles. The summed E-state index contributed by atoms with van der Waals surface area (Å²) in [6, 6.07) is 10.7. The van der Waals surface area contributed by atoms with Gasteiger partial charge in [0.05, 0.1) is 25.2 Å². The highest BCUT2D eigenvalue weighted by Gasteiger charge is 2.49. The highest BCUT2D eigenvalue weighted by atomic mass is 16.5. The molecule has 1 saturated heterocycles. The van der Waals surface area contributed by atoms with E-state index in [1.807, 2.05) is 6.07 Å². The van der Waals surface area contributed by atoms with E-state index in [1.165, 1.54) is 18.4 Å². The first-order valence-corrected chi connectivity index (χ1v) is 9.64. The second-order valence-corrected chi connectivity index (χ2v) is 7.76. The largest absolute Gasteiger partial charge is 0.379 e. The maximum atomic E-state index is 12.8. The molecule has 25 heavy (non-hydrogen) atoms. The van der Waals surface area contributed by atoms with Crippen molar-refractivity contribution in [3.8, 4) is 0 Å². The van der Waals surface area contributed by atoms with E-state index in [-0.39, 0.29) is 23.9 Å². The third-order valence-electron chi connectivity index (χ3n) is 6.42. The number of benzene rings is 1. The zero-order valence-electron chi connectivity index (χ0n) is 14.8. The average Bonchev–Trinajstić information content (AvgIpc) is 3.25. The second-order valence-electron chi connectivity index (χ2n) is 7.76. The minimum Gasteiger partial charge on any atom is -0.379 e. The molecule has 1 aliphatic heterocycles. The van der Waals surface area contributed by atoms with Crippen molar-refractivity contribution < 1.29 is 9.53 Å². The van der Waals surface area contributed by atoms with Crippen LogP contribution in [0.25, 0.3) is 0 Å². The van der Waals surface area contributed by atoms with Gasteiger partial charge in [-0.1, -0.05) is 30.3 Å². The molecule has 0 radical (unpaired) electrons. The van der Waals surface area contributed by atoms with Gasteiger partial charge in [0, 0.05) is 25.7 Å². The van der Waals surface area contributed by atoms with Crippen LogP contribution >= 0.6 is 0 Å². The Morgan fingerprint density at radius 1 is 1.20 bits per heavy atom. The minimum atomic E-state index is 0.0138. The number of ether oxygens (including phenoxy) is 1. The SMILES string of the molecule is NC1C2CCC(C2)C1C(=O)NCC(c1ccccc1)N1CCOCC1. The Bertz CT molecular complexity index is 586. The predicted octanol–water partition coefficient (Wildman–Crippen LogP) is 1.55. The molecule has 5 atom stereocenters. The number of nitrogens with zero attached hydrogens (tertiary/aromatic N) is 1. The summed E-state index contributed by atoms with van der Waals surface area (Å²) in [7, 11) is 0. The fourth-order valence-corrected chi connectivity index (χ4v) is 5.06. The molecular weight excluding hydrogens is 314 g/mol. The van der Waals surface area contributed by atoms with Crippen molar-refractivity contribution in [3.63, 3.8) is 0 Å². The van der Waals surface area contributed by atoms with Gasteiger partial charge in [0.25, 0.3) is 0 Å². The minimum absolute atomic E-state index is 0.0138. The Kier molecular flexibility index (Phi) is 5.06. The predicted molar refractivity (Wildman–Crippen MR) is 96.9 cm³/mol. The van der Waals surface area contributed by atoms with E-state index in [0.29, 0.717) is 18.4 Å². The first-order valence-electron chi connectivity index (χ1n) is 9.64. The summed E-state index contributed by atoms with van der Waals surface area (Å²) in [6.07, 6.45) is 3.52. The number of rotatable bonds is 5. The molecule has 3 fully saturated rings. The molecule has 1 aromatic carbocycles. The number of hydrogen-bond donors (Lipinski definition) is 2. The summed E-state index contributed by atoms with van der Waals surface area (Å²) < 4.78 is 5.49. The van der Waals surface area contributed by atoms with Crippen LogP contribution in [0.4, 0.5) is 0 Å². The molecule has 136 valence electrons. The molecule has 2 saturated carbocycles. The van der Waals surface area contributed by atoms with Crippen molar-refractivity contribution in [2.24, 2.45) is 23.5 Å². The van der Waals surface area contributed by atoms with Crippen LogP contribution in [0.15, 0.2) is 30.3 Å². The molecule has 1 aromatic rings. The van der Waals surface area contributed by atoms with Crippen LogP contribution in [0.2, 0.25) is 0 Å². The molecule has 5 heteroatoms. The van der Waals surface area contributed by atoms with Gasteiger partial charge in [-0.05, 0) is 36.7 Å². The van der Waals surface area contributed by atoms with Gasteiger partial charge in [-0.25, -0.2) is 0 Å². The monoisotopic (exact) mass is 343 g/mol. The number of nitrogens with one attached hydrogen (secondary N) is 1. The Balaban J connectivity index is 1.43. The van der Waals surface area contributed by atoms with Crippen LogP contribution in [0.1, 0.15) is 30.9 Å². The topological polar surface area (TPSA) is 67.6 Å². The highest BCUT2D eigenvalue weighted by molar-refractivity contribution is 5.80. The Morgan fingerprint density at radius 3 is 2.60 bits per heavy atom. The van der Waals surface area contributed by atoms with Crippen molar-refractivity contribution in [2.45, 2.75) is 31.3 Å². The van der Waals surface area contributed by atoms with Crippen molar-refractivity contribution >= 4 is 5.91 Å². The summed E-state index contributed by atoms with van der Waals surface area (Å²) >= 11 is 0. The van der Waals surface area contributed by atoms with Gasteiger partial charge >= 0.3 is 0 Å². The number of morpholine rings is 1. The van der Waals surface area contributed by atoms with E-state index >= 15 is 0 Å². The van der Waals surface area contributed by atoms with E-state index in [9.17, 15) is 4.79 Å². The Labute approximate surface area is 149 Å². The van der Waals surface area contributed by atoms with E-state index in [1.54, 1.807) is 0 Å². The molecule has 3 N–H and O–H groups in total. The highest BCUT2D eigenvalue weighted by Crippen LogP contribution is 2.47. The smallest absolute Gasteiger partial charge is 0.225 e. The molecule has 5 nitrogen and oxygen atoms in total. The van der Waals surface area contributed by atoms with Gasteiger partial charge in [0.2, 0.25) is 5.91 Å². The fraction of sp³-hybridized carbons (Fsp3) is 0.650. The van der Waals surface area contributed by atoms with E-state index < -0.39 is 0 Å². The molecule has 2 bridgehead atoms. The number of carbonyl (C=O) groups excluding carboxylic acids is 1. The summed E-state index contributed by atoms with van der Waals surface area (Å²) in [5.41, 5.74) is 7.59. The Hall–Kier alpha value is -1.43. The molecular formula is C20H29N3O2. The van der Waals surface area contributed by atoms with E-state index in [4.69, 9.17) is 10.5 Å². The number of hydrogen-bond acceptors (Lipinski definition) is 4. The summed E-state index contributed by atoms with van der Waals surface area (Å²) in [5, 5.41) is 3.23.